The van der Waals surface area contributed by atoms with Crippen LogP contribution in [0.3, 0.4) is 0 Å². The van der Waals surface area contributed by atoms with Crippen LogP contribution in [0.4, 0.5) is 0 Å². The largest absolute Gasteiger partial charge is 0.469 e. The van der Waals surface area contributed by atoms with Gasteiger partial charge in [-0.1, -0.05) is 19.8 Å². The lowest BCUT2D eigenvalue weighted by Gasteiger charge is -2.26. The summed E-state index contributed by atoms with van der Waals surface area (Å²) in [5, 5.41) is 0. The summed E-state index contributed by atoms with van der Waals surface area (Å²) in [6.45, 7) is 5.88. The SMILES string of the molecule is CCCCC(CN)N(C)Cc1ccoc1C. The van der Waals surface area contributed by atoms with Gasteiger partial charge in [-0.05, 0) is 26.5 Å². The molecule has 0 bridgehead atoms. The Balaban J connectivity index is 2.49. The molecule has 16 heavy (non-hydrogen) atoms. The van der Waals surface area contributed by atoms with Crippen molar-refractivity contribution in [2.75, 3.05) is 13.6 Å². The number of unbranched alkanes of at least 4 members (excludes halogenated alkanes) is 1. The highest BCUT2D eigenvalue weighted by Gasteiger charge is 2.14. The second-order valence-electron chi connectivity index (χ2n) is 4.45. The number of furan rings is 1. The molecule has 0 saturated heterocycles. The molecule has 3 heteroatoms. The summed E-state index contributed by atoms with van der Waals surface area (Å²) in [5.74, 6) is 1.01. The number of rotatable bonds is 7. The molecule has 1 aromatic rings. The number of hydrogen-bond donors (Lipinski definition) is 1. The Morgan fingerprint density at radius 2 is 2.25 bits per heavy atom. The minimum Gasteiger partial charge on any atom is -0.469 e. The molecule has 0 aliphatic rings. The van der Waals surface area contributed by atoms with E-state index in [-0.39, 0.29) is 0 Å². The van der Waals surface area contributed by atoms with Gasteiger partial charge in [0.05, 0.1) is 6.26 Å². The van der Waals surface area contributed by atoms with Gasteiger partial charge in [0.15, 0.2) is 0 Å². The molecular weight excluding hydrogens is 200 g/mol. The first-order chi connectivity index (χ1) is 7.69. The van der Waals surface area contributed by atoms with E-state index in [1.54, 1.807) is 6.26 Å². The van der Waals surface area contributed by atoms with Crippen molar-refractivity contribution >= 4 is 0 Å². The van der Waals surface area contributed by atoms with Gasteiger partial charge in [0, 0.05) is 24.7 Å². The summed E-state index contributed by atoms with van der Waals surface area (Å²) in [4.78, 5) is 2.33. The van der Waals surface area contributed by atoms with E-state index in [0.717, 1.165) is 18.8 Å². The topological polar surface area (TPSA) is 42.4 Å². The van der Waals surface area contributed by atoms with Crippen molar-refractivity contribution in [3.05, 3.63) is 23.7 Å². The molecule has 1 heterocycles. The van der Waals surface area contributed by atoms with Crippen LogP contribution in [-0.2, 0) is 6.54 Å². The molecule has 0 aromatic carbocycles. The van der Waals surface area contributed by atoms with Crippen LogP contribution in [0.5, 0.6) is 0 Å². The van der Waals surface area contributed by atoms with E-state index in [1.165, 1.54) is 24.8 Å². The van der Waals surface area contributed by atoms with Crippen LogP contribution in [-0.4, -0.2) is 24.5 Å². The van der Waals surface area contributed by atoms with E-state index in [0.29, 0.717) is 6.04 Å². The second kappa shape index (κ2) is 6.71. The Morgan fingerprint density at radius 1 is 1.50 bits per heavy atom. The third-order valence-corrected chi connectivity index (χ3v) is 3.17. The molecule has 0 amide bonds. The fourth-order valence-corrected chi connectivity index (χ4v) is 1.93. The third-order valence-electron chi connectivity index (χ3n) is 3.17. The molecular formula is C13H24N2O. The zero-order valence-electron chi connectivity index (χ0n) is 10.7. The molecule has 2 N–H and O–H groups in total. The Labute approximate surface area is 98.6 Å². The van der Waals surface area contributed by atoms with E-state index in [1.807, 2.05) is 13.0 Å². The van der Waals surface area contributed by atoms with Crippen LogP contribution in [0, 0.1) is 6.92 Å². The van der Waals surface area contributed by atoms with E-state index < -0.39 is 0 Å². The molecule has 0 radical (unpaired) electrons. The number of nitrogens with zero attached hydrogens (tertiary/aromatic N) is 1. The first kappa shape index (κ1) is 13.3. The van der Waals surface area contributed by atoms with Crippen molar-refractivity contribution in [3.8, 4) is 0 Å². The molecule has 0 aliphatic carbocycles. The van der Waals surface area contributed by atoms with Crippen LogP contribution in [0.1, 0.15) is 37.5 Å². The lowest BCUT2D eigenvalue weighted by atomic mass is 10.1. The van der Waals surface area contributed by atoms with E-state index in [2.05, 4.69) is 18.9 Å². The molecule has 1 unspecified atom stereocenters. The molecule has 0 fully saturated rings. The number of hydrogen-bond acceptors (Lipinski definition) is 3. The second-order valence-corrected chi connectivity index (χ2v) is 4.45. The van der Waals surface area contributed by atoms with Crippen molar-refractivity contribution in [2.45, 2.75) is 45.7 Å². The van der Waals surface area contributed by atoms with Gasteiger partial charge in [0.25, 0.3) is 0 Å². The van der Waals surface area contributed by atoms with Crippen LogP contribution < -0.4 is 5.73 Å². The van der Waals surface area contributed by atoms with Gasteiger partial charge in [-0.15, -0.1) is 0 Å². The molecule has 0 saturated carbocycles. The fourth-order valence-electron chi connectivity index (χ4n) is 1.93. The molecule has 1 rings (SSSR count). The average Bonchev–Trinajstić information content (AvgIpc) is 2.65. The third kappa shape index (κ3) is 3.65. The van der Waals surface area contributed by atoms with Crippen molar-refractivity contribution in [1.29, 1.82) is 0 Å². The molecule has 3 nitrogen and oxygen atoms in total. The zero-order chi connectivity index (χ0) is 12.0. The first-order valence-corrected chi connectivity index (χ1v) is 6.12. The first-order valence-electron chi connectivity index (χ1n) is 6.12. The van der Waals surface area contributed by atoms with Gasteiger partial charge in [-0.25, -0.2) is 0 Å². The minimum absolute atomic E-state index is 0.481. The minimum atomic E-state index is 0.481. The summed E-state index contributed by atoms with van der Waals surface area (Å²) in [7, 11) is 2.14. The predicted molar refractivity (Wildman–Crippen MR) is 67.3 cm³/mol. The van der Waals surface area contributed by atoms with Gasteiger partial charge >= 0.3 is 0 Å². The van der Waals surface area contributed by atoms with Crippen LogP contribution in [0.2, 0.25) is 0 Å². The smallest absolute Gasteiger partial charge is 0.105 e. The van der Waals surface area contributed by atoms with Crippen LogP contribution in [0.15, 0.2) is 16.7 Å². The molecule has 0 aliphatic heterocycles. The van der Waals surface area contributed by atoms with Crippen molar-refractivity contribution in [3.63, 3.8) is 0 Å². The maximum Gasteiger partial charge on any atom is 0.105 e. The van der Waals surface area contributed by atoms with Gasteiger partial charge in [0.2, 0.25) is 0 Å². The normalized spacial score (nSPS) is 13.3. The maximum atomic E-state index is 5.82. The van der Waals surface area contributed by atoms with Crippen molar-refractivity contribution < 1.29 is 4.42 Å². The van der Waals surface area contributed by atoms with Crippen molar-refractivity contribution in [2.24, 2.45) is 5.73 Å². The standard InChI is InChI=1S/C13H24N2O/c1-4-5-6-13(9-14)15(3)10-12-7-8-16-11(12)2/h7-8,13H,4-6,9-10,14H2,1-3H3. The Hall–Kier alpha value is -0.800. The highest BCUT2D eigenvalue weighted by atomic mass is 16.3. The summed E-state index contributed by atoms with van der Waals surface area (Å²) in [6.07, 6.45) is 5.41. The number of aryl methyl sites for hydroxylation is 1. The van der Waals surface area contributed by atoms with Crippen LogP contribution >= 0.6 is 0 Å². The lowest BCUT2D eigenvalue weighted by molar-refractivity contribution is 0.222. The highest BCUT2D eigenvalue weighted by Crippen LogP contribution is 2.14. The van der Waals surface area contributed by atoms with Gasteiger partial charge in [-0.2, -0.15) is 0 Å². The molecule has 0 spiro atoms. The van der Waals surface area contributed by atoms with Gasteiger partial charge < -0.3 is 10.2 Å². The summed E-state index contributed by atoms with van der Waals surface area (Å²) in [5.41, 5.74) is 7.08. The van der Waals surface area contributed by atoms with E-state index in [9.17, 15) is 0 Å². The van der Waals surface area contributed by atoms with Gasteiger partial charge in [-0.3, -0.25) is 4.90 Å². The van der Waals surface area contributed by atoms with Gasteiger partial charge in [0.1, 0.15) is 5.76 Å². The Bertz CT molecular complexity index is 296. The Morgan fingerprint density at radius 3 is 2.75 bits per heavy atom. The lowest BCUT2D eigenvalue weighted by Crippen LogP contribution is -2.37. The highest BCUT2D eigenvalue weighted by molar-refractivity contribution is 5.15. The molecule has 92 valence electrons. The van der Waals surface area contributed by atoms with Crippen molar-refractivity contribution in [1.82, 2.24) is 4.90 Å². The average molecular weight is 224 g/mol. The molecule has 1 aromatic heterocycles. The van der Waals surface area contributed by atoms with E-state index in [4.69, 9.17) is 10.2 Å². The predicted octanol–water partition coefficient (Wildman–Crippen LogP) is 2.54. The monoisotopic (exact) mass is 224 g/mol. The number of likely N-dealkylation sites (N-methyl/N-ethyl adjacent to an activating group) is 1. The molecule has 1 atom stereocenters. The zero-order valence-corrected chi connectivity index (χ0v) is 10.7. The Kier molecular flexibility index (Phi) is 5.56. The summed E-state index contributed by atoms with van der Waals surface area (Å²) in [6, 6.07) is 2.52. The number of nitrogens with two attached hydrogens (primary N) is 1. The van der Waals surface area contributed by atoms with E-state index >= 15 is 0 Å². The fraction of sp³-hybridized carbons (Fsp3) is 0.692. The quantitative estimate of drug-likeness (QED) is 0.774. The summed E-state index contributed by atoms with van der Waals surface area (Å²) >= 11 is 0. The summed E-state index contributed by atoms with van der Waals surface area (Å²) < 4.78 is 5.30. The maximum absolute atomic E-state index is 5.82. The van der Waals surface area contributed by atoms with Crippen LogP contribution in [0.25, 0.3) is 0 Å².